The molecule has 172 valence electrons. The van der Waals surface area contributed by atoms with Crippen LogP contribution in [0.15, 0.2) is 103 Å². The maximum absolute atomic E-state index is 12.9. The summed E-state index contributed by atoms with van der Waals surface area (Å²) in [5, 5.41) is 14.6. The molecule has 5 aromatic rings. The number of hydrogen-bond donors (Lipinski definition) is 2. The van der Waals surface area contributed by atoms with Gasteiger partial charge in [0, 0.05) is 12.0 Å². The van der Waals surface area contributed by atoms with E-state index < -0.39 is 0 Å². The van der Waals surface area contributed by atoms with Crippen LogP contribution in [0.5, 0.6) is 0 Å². The van der Waals surface area contributed by atoms with Crippen LogP contribution in [0.3, 0.4) is 0 Å². The lowest BCUT2D eigenvalue weighted by molar-refractivity contribution is -0.115. The maximum Gasteiger partial charge on any atom is 0.229 e. The van der Waals surface area contributed by atoms with E-state index in [0.29, 0.717) is 23.6 Å². The van der Waals surface area contributed by atoms with Gasteiger partial charge in [0.2, 0.25) is 5.91 Å². The second kappa shape index (κ2) is 10.3. The van der Waals surface area contributed by atoms with Gasteiger partial charge >= 0.3 is 0 Å². The highest BCUT2D eigenvalue weighted by atomic mass is 16.3. The number of carbonyl (C=O) groups excluding carboxylic acids is 1. The van der Waals surface area contributed by atoms with Crippen molar-refractivity contribution in [2.75, 3.05) is 5.32 Å². The maximum atomic E-state index is 12.9. The van der Waals surface area contributed by atoms with Gasteiger partial charge in [-0.25, -0.2) is 9.97 Å². The molecule has 1 aromatic heterocycles. The first-order chi connectivity index (χ1) is 17.2. The highest BCUT2D eigenvalue weighted by Crippen LogP contribution is 2.23. The van der Waals surface area contributed by atoms with Crippen LogP contribution in [0.1, 0.15) is 22.4 Å². The Labute approximate surface area is 204 Å². The number of hydrogen-bond acceptors (Lipinski definition) is 4. The molecule has 35 heavy (non-hydrogen) atoms. The second-order valence-corrected chi connectivity index (χ2v) is 8.47. The highest BCUT2D eigenvalue weighted by Gasteiger charge is 2.14. The van der Waals surface area contributed by atoms with E-state index in [1.807, 2.05) is 91.0 Å². The number of nitrogens with zero attached hydrogens (tertiary/aromatic N) is 2. The smallest absolute Gasteiger partial charge is 0.229 e. The number of rotatable bonds is 7. The summed E-state index contributed by atoms with van der Waals surface area (Å²) < 4.78 is 0. The molecule has 0 aliphatic carbocycles. The van der Waals surface area contributed by atoms with Crippen molar-refractivity contribution in [3.63, 3.8) is 0 Å². The molecule has 0 fully saturated rings. The molecule has 0 bridgehead atoms. The molecule has 0 unspecified atom stereocenters. The summed E-state index contributed by atoms with van der Waals surface area (Å²) in [7, 11) is 0. The average Bonchev–Trinajstić information content (AvgIpc) is 2.90. The van der Waals surface area contributed by atoms with Crippen LogP contribution in [0, 0.1) is 0 Å². The molecule has 1 amide bonds. The number of carbonyl (C=O) groups is 1. The molecule has 0 spiro atoms. The molecular weight excluding hydrogens is 434 g/mol. The standard InChI is InChI=1S/C30H25N3O2/c34-20-22-10-14-25(15-11-22)28-19-31-30(27(32-28)17-21-6-2-1-3-7-21)33-29(35)18-23-12-13-24-8-4-5-9-26(24)16-23/h1-16,19,34H,17-18,20H2,(H,31,33,35). The topological polar surface area (TPSA) is 75.1 Å². The Hall–Kier alpha value is -4.35. The van der Waals surface area contributed by atoms with E-state index in [0.717, 1.165) is 33.0 Å². The third-order valence-electron chi connectivity index (χ3n) is 5.93. The summed E-state index contributed by atoms with van der Waals surface area (Å²) in [6.45, 7) is -0.00655. The minimum absolute atomic E-state index is 0.00655. The Morgan fingerprint density at radius 2 is 1.49 bits per heavy atom. The number of fused-ring (bicyclic) bond motifs is 1. The molecule has 5 heteroatoms. The zero-order valence-electron chi connectivity index (χ0n) is 19.2. The van der Waals surface area contributed by atoms with E-state index in [9.17, 15) is 9.90 Å². The summed E-state index contributed by atoms with van der Waals surface area (Å²) in [4.78, 5) is 22.4. The number of amides is 1. The van der Waals surface area contributed by atoms with Gasteiger partial charge in [0.05, 0.1) is 30.6 Å². The van der Waals surface area contributed by atoms with Crippen LogP contribution in [-0.4, -0.2) is 21.0 Å². The molecule has 2 N–H and O–H groups in total. The molecule has 5 nitrogen and oxygen atoms in total. The highest BCUT2D eigenvalue weighted by molar-refractivity contribution is 5.93. The van der Waals surface area contributed by atoms with Gasteiger partial charge in [0.1, 0.15) is 0 Å². The van der Waals surface area contributed by atoms with Crippen molar-refractivity contribution < 1.29 is 9.90 Å². The number of aliphatic hydroxyl groups excluding tert-OH is 1. The van der Waals surface area contributed by atoms with Gasteiger partial charge in [-0.05, 0) is 27.5 Å². The summed E-state index contributed by atoms with van der Waals surface area (Å²) >= 11 is 0. The van der Waals surface area contributed by atoms with Gasteiger partial charge in [0.25, 0.3) is 0 Å². The fourth-order valence-corrected chi connectivity index (χ4v) is 4.07. The SMILES string of the molecule is O=C(Cc1ccc2ccccc2c1)Nc1ncc(-c2ccc(CO)cc2)nc1Cc1ccccc1. The van der Waals surface area contributed by atoms with Crippen molar-refractivity contribution >= 4 is 22.5 Å². The van der Waals surface area contributed by atoms with Crippen LogP contribution in [-0.2, 0) is 24.2 Å². The lowest BCUT2D eigenvalue weighted by atomic mass is 10.0. The molecule has 0 aliphatic rings. The molecule has 0 atom stereocenters. The van der Waals surface area contributed by atoms with E-state index >= 15 is 0 Å². The lowest BCUT2D eigenvalue weighted by Crippen LogP contribution is -2.17. The summed E-state index contributed by atoms with van der Waals surface area (Å²) in [5.74, 6) is 0.333. The van der Waals surface area contributed by atoms with Gasteiger partial charge < -0.3 is 10.4 Å². The number of aromatic nitrogens is 2. The average molecular weight is 460 g/mol. The van der Waals surface area contributed by atoms with Crippen molar-refractivity contribution in [1.29, 1.82) is 0 Å². The Balaban J connectivity index is 1.41. The minimum atomic E-state index is -0.135. The van der Waals surface area contributed by atoms with Gasteiger partial charge in [-0.15, -0.1) is 0 Å². The zero-order chi connectivity index (χ0) is 24.0. The zero-order valence-corrected chi connectivity index (χ0v) is 19.2. The normalized spacial score (nSPS) is 10.9. The Bertz CT molecular complexity index is 1460. The summed E-state index contributed by atoms with van der Waals surface area (Å²) in [6, 6.07) is 31.8. The van der Waals surface area contributed by atoms with E-state index in [2.05, 4.69) is 16.4 Å². The van der Waals surface area contributed by atoms with E-state index in [-0.39, 0.29) is 18.9 Å². The number of aliphatic hydroxyl groups is 1. The minimum Gasteiger partial charge on any atom is -0.392 e. The summed E-state index contributed by atoms with van der Waals surface area (Å²) in [5.41, 5.74) is 5.18. The number of anilines is 1. The third-order valence-corrected chi connectivity index (χ3v) is 5.93. The first kappa shape index (κ1) is 22.4. The first-order valence-electron chi connectivity index (χ1n) is 11.6. The van der Waals surface area contributed by atoms with Gasteiger partial charge in [0.15, 0.2) is 5.82 Å². The van der Waals surface area contributed by atoms with Crippen molar-refractivity contribution in [3.05, 3.63) is 126 Å². The molecule has 0 aliphatic heterocycles. The molecular formula is C30H25N3O2. The molecule has 1 heterocycles. The van der Waals surface area contributed by atoms with Crippen LogP contribution in [0.4, 0.5) is 5.82 Å². The second-order valence-electron chi connectivity index (χ2n) is 8.47. The van der Waals surface area contributed by atoms with Crippen LogP contribution in [0.25, 0.3) is 22.0 Å². The van der Waals surface area contributed by atoms with Crippen molar-refractivity contribution in [2.24, 2.45) is 0 Å². The Morgan fingerprint density at radius 3 is 2.26 bits per heavy atom. The van der Waals surface area contributed by atoms with Gasteiger partial charge in [-0.3, -0.25) is 4.79 Å². The predicted octanol–water partition coefficient (Wildman–Crippen LogP) is 5.56. The molecule has 0 radical (unpaired) electrons. The predicted molar refractivity (Wildman–Crippen MR) is 139 cm³/mol. The molecule has 0 saturated carbocycles. The fraction of sp³-hybridized carbons (Fsp3) is 0.100. The van der Waals surface area contributed by atoms with Crippen LogP contribution >= 0.6 is 0 Å². The van der Waals surface area contributed by atoms with Gasteiger partial charge in [-0.2, -0.15) is 0 Å². The van der Waals surface area contributed by atoms with Crippen molar-refractivity contribution in [2.45, 2.75) is 19.4 Å². The number of benzene rings is 4. The van der Waals surface area contributed by atoms with E-state index in [1.165, 1.54) is 0 Å². The van der Waals surface area contributed by atoms with Crippen molar-refractivity contribution in [3.8, 4) is 11.3 Å². The van der Waals surface area contributed by atoms with Crippen LogP contribution < -0.4 is 5.32 Å². The largest absolute Gasteiger partial charge is 0.392 e. The quantitative estimate of drug-likeness (QED) is 0.334. The molecule has 4 aromatic carbocycles. The molecule has 5 rings (SSSR count). The van der Waals surface area contributed by atoms with E-state index in [4.69, 9.17) is 4.98 Å². The third kappa shape index (κ3) is 5.42. The summed E-state index contributed by atoms with van der Waals surface area (Å²) in [6.07, 6.45) is 2.47. The van der Waals surface area contributed by atoms with Crippen molar-refractivity contribution in [1.82, 2.24) is 9.97 Å². The monoisotopic (exact) mass is 459 g/mol. The fourth-order valence-electron chi connectivity index (χ4n) is 4.07. The van der Waals surface area contributed by atoms with E-state index in [1.54, 1.807) is 6.20 Å². The molecule has 0 saturated heterocycles. The van der Waals surface area contributed by atoms with Crippen LogP contribution in [0.2, 0.25) is 0 Å². The lowest BCUT2D eigenvalue weighted by Gasteiger charge is -2.12. The van der Waals surface area contributed by atoms with Gasteiger partial charge in [-0.1, -0.05) is 97.1 Å². The Kier molecular flexibility index (Phi) is 6.59. The Morgan fingerprint density at radius 1 is 0.771 bits per heavy atom. The first-order valence-corrected chi connectivity index (χ1v) is 11.6. The number of nitrogens with one attached hydrogen (secondary N) is 1.